The Morgan fingerprint density at radius 3 is 2.76 bits per heavy atom. The van der Waals surface area contributed by atoms with Crippen molar-refractivity contribution >= 4 is 28.7 Å². The first-order valence-electron chi connectivity index (χ1n) is 7.65. The number of thioether (sulfide) groups is 1. The van der Waals surface area contributed by atoms with E-state index in [2.05, 4.69) is 22.5 Å². The zero-order chi connectivity index (χ0) is 14.7. The van der Waals surface area contributed by atoms with E-state index in [1.54, 1.807) is 11.8 Å². The Bertz CT molecular complexity index is 631. The van der Waals surface area contributed by atoms with Crippen molar-refractivity contribution in [3.63, 3.8) is 0 Å². The first-order valence-corrected chi connectivity index (χ1v) is 8.64. The number of hydrogen-bond donors (Lipinski definition) is 0. The van der Waals surface area contributed by atoms with Gasteiger partial charge in [-0.3, -0.25) is 4.79 Å². The van der Waals surface area contributed by atoms with Gasteiger partial charge in [-0.2, -0.15) is 0 Å². The smallest absolute Gasteiger partial charge is 0.233 e. The molecule has 0 N–H and O–H groups in total. The number of fused-ring (bicyclic) bond motifs is 1. The molecule has 1 aliphatic heterocycles. The second-order valence-corrected chi connectivity index (χ2v) is 6.30. The minimum Gasteiger partial charge on any atom is -0.342 e. The Balaban J connectivity index is 1.71. The Morgan fingerprint density at radius 1 is 1.24 bits per heavy atom. The molecule has 1 saturated heterocycles. The molecule has 0 atom stereocenters. The number of hydrogen-bond acceptors (Lipinski definition) is 3. The van der Waals surface area contributed by atoms with Crippen LogP contribution in [0, 0.1) is 0 Å². The monoisotopic (exact) mass is 303 g/mol. The van der Waals surface area contributed by atoms with Gasteiger partial charge in [-0.15, -0.1) is 0 Å². The molecule has 21 heavy (non-hydrogen) atoms. The quantitative estimate of drug-likeness (QED) is 0.814. The molecule has 1 aromatic carbocycles. The highest BCUT2D eigenvalue weighted by Crippen LogP contribution is 2.24. The van der Waals surface area contributed by atoms with Crippen LogP contribution in [0.3, 0.4) is 0 Å². The summed E-state index contributed by atoms with van der Waals surface area (Å²) in [4.78, 5) is 18.9. The lowest BCUT2D eigenvalue weighted by atomic mass is 10.1. The predicted octanol–water partition coefficient (Wildman–Crippen LogP) is 3.16. The first-order chi connectivity index (χ1) is 10.3. The van der Waals surface area contributed by atoms with Crippen LogP contribution in [0.2, 0.25) is 0 Å². The number of aromatic nitrogens is 2. The third-order valence-electron chi connectivity index (χ3n) is 3.97. The number of benzene rings is 1. The summed E-state index contributed by atoms with van der Waals surface area (Å²) in [6, 6.07) is 8.15. The van der Waals surface area contributed by atoms with Gasteiger partial charge in [0.05, 0.1) is 16.8 Å². The van der Waals surface area contributed by atoms with Gasteiger partial charge in [-0.1, -0.05) is 23.9 Å². The summed E-state index contributed by atoms with van der Waals surface area (Å²) in [6.45, 7) is 4.83. The Morgan fingerprint density at radius 2 is 2.00 bits per heavy atom. The van der Waals surface area contributed by atoms with Crippen molar-refractivity contribution in [3.05, 3.63) is 24.3 Å². The van der Waals surface area contributed by atoms with E-state index in [0.717, 1.165) is 48.7 Å². The molecule has 0 unspecified atom stereocenters. The van der Waals surface area contributed by atoms with E-state index >= 15 is 0 Å². The molecule has 112 valence electrons. The second kappa shape index (κ2) is 6.52. The second-order valence-electron chi connectivity index (χ2n) is 5.36. The normalized spacial score (nSPS) is 15.6. The maximum absolute atomic E-state index is 12.3. The molecule has 0 saturated carbocycles. The number of amides is 1. The molecule has 3 rings (SSSR count). The van der Waals surface area contributed by atoms with Crippen molar-refractivity contribution < 1.29 is 4.79 Å². The molecule has 2 aromatic rings. The highest BCUT2D eigenvalue weighted by atomic mass is 32.2. The lowest BCUT2D eigenvalue weighted by Crippen LogP contribution is -2.36. The number of imidazole rings is 1. The minimum absolute atomic E-state index is 0.245. The fourth-order valence-corrected chi connectivity index (χ4v) is 3.81. The summed E-state index contributed by atoms with van der Waals surface area (Å²) in [7, 11) is 0. The van der Waals surface area contributed by atoms with Gasteiger partial charge in [0.2, 0.25) is 5.91 Å². The lowest BCUT2D eigenvalue weighted by Gasteiger charge is -2.26. The molecule has 2 heterocycles. The Labute approximate surface area is 129 Å². The molecule has 1 fully saturated rings. The summed E-state index contributed by atoms with van der Waals surface area (Å²) < 4.78 is 2.18. The van der Waals surface area contributed by atoms with Crippen LogP contribution in [-0.4, -0.2) is 39.2 Å². The number of aryl methyl sites for hydroxylation is 1. The van der Waals surface area contributed by atoms with Gasteiger partial charge in [0, 0.05) is 19.6 Å². The summed E-state index contributed by atoms with van der Waals surface area (Å²) in [6.07, 6.45) is 3.54. The molecular weight excluding hydrogens is 282 g/mol. The van der Waals surface area contributed by atoms with Crippen LogP contribution in [0.5, 0.6) is 0 Å². The Kier molecular flexibility index (Phi) is 4.48. The molecule has 4 nitrogen and oxygen atoms in total. The van der Waals surface area contributed by atoms with Gasteiger partial charge in [-0.25, -0.2) is 4.98 Å². The largest absolute Gasteiger partial charge is 0.342 e. The van der Waals surface area contributed by atoms with Crippen LogP contribution in [0.1, 0.15) is 26.2 Å². The van der Waals surface area contributed by atoms with Gasteiger partial charge < -0.3 is 9.47 Å². The van der Waals surface area contributed by atoms with E-state index in [1.807, 2.05) is 23.1 Å². The molecule has 0 aliphatic carbocycles. The highest BCUT2D eigenvalue weighted by molar-refractivity contribution is 7.99. The van der Waals surface area contributed by atoms with Crippen LogP contribution < -0.4 is 0 Å². The van der Waals surface area contributed by atoms with Crippen LogP contribution in [0.15, 0.2) is 29.4 Å². The standard InChI is InChI=1S/C16H21N3OS/c1-2-19-14-9-5-4-8-13(14)17-16(19)21-12-15(20)18-10-6-3-7-11-18/h4-5,8-9H,2-3,6-7,10-12H2,1H3. The first kappa shape index (κ1) is 14.4. The fraction of sp³-hybridized carbons (Fsp3) is 0.500. The third-order valence-corrected chi connectivity index (χ3v) is 4.93. The summed E-state index contributed by atoms with van der Waals surface area (Å²) in [5, 5.41) is 0.948. The van der Waals surface area contributed by atoms with Crippen molar-refractivity contribution in [2.24, 2.45) is 0 Å². The molecule has 0 radical (unpaired) electrons. The number of likely N-dealkylation sites (tertiary alicyclic amines) is 1. The summed E-state index contributed by atoms with van der Waals surface area (Å²) >= 11 is 1.56. The van der Waals surface area contributed by atoms with E-state index in [4.69, 9.17) is 0 Å². The number of para-hydroxylation sites is 2. The maximum atomic E-state index is 12.3. The van der Waals surface area contributed by atoms with Gasteiger partial charge in [0.25, 0.3) is 0 Å². The maximum Gasteiger partial charge on any atom is 0.233 e. The Hall–Kier alpha value is -1.49. The number of carbonyl (C=O) groups is 1. The fourth-order valence-electron chi connectivity index (χ4n) is 2.83. The summed E-state index contributed by atoms with van der Waals surface area (Å²) in [5.74, 6) is 0.734. The summed E-state index contributed by atoms with van der Waals surface area (Å²) in [5.41, 5.74) is 2.15. The SMILES string of the molecule is CCn1c(SCC(=O)N2CCCCC2)nc2ccccc21. The zero-order valence-corrected chi connectivity index (χ0v) is 13.2. The average Bonchev–Trinajstić information content (AvgIpc) is 2.91. The molecular formula is C16H21N3OS. The average molecular weight is 303 g/mol. The van der Waals surface area contributed by atoms with Crippen molar-refractivity contribution in [2.45, 2.75) is 37.9 Å². The molecule has 0 bridgehead atoms. The number of rotatable bonds is 4. The zero-order valence-electron chi connectivity index (χ0n) is 12.4. The molecule has 1 aromatic heterocycles. The van der Waals surface area contributed by atoms with Crippen LogP contribution >= 0.6 is 11.8 Å². The van der Waals surface area contributed by atoms with Crippen molar-refractivity contribution in [1.82, 2.24) is 14.5 Å². The van der Waals surface area contributed by atoms with Gasteiger partial charge >= 0.3 is 0 Å². The molecule has 5 heteroatoms. The minimum atomic E-state index is 0.245. The van der Waals surface area contributed by atoms with Gasteiger partial charge in [0.15, 0.2) is 5.16 Å². The van der Waals surface area contributed by atoms with E-state index in [1.165, 1.54) is 6.42 Å². The number of nitrogens with zero attached hydrogens (tertiary/aromatic N) is 3. The molecule has 1 aliphatic rings. The van der Waals surface area contributed by atoms with E-state index in [9.17, 15) is 4.79 Å². The van der Waals surface area contributed by atoms with Gasteiger partial charge in [-0.05, 0) is 38.3 Å². The van der Waals surface area contributed by atoms with E-state index < -0.39 is 0 Å². The van der Waals surface area contributed by atoms with Crippen molar-refractivity contribution in [3.8, 4) is 0 Å². The third kappa shape index (κ3) is 3.07. The predicted molar refractivity (Wildman–Crippen MR) is 86.6 cm³/mol. The van der Waals surface area contributed by atoms with Gasteiger partial charge in [0.1, 0.15) is 0 Å². The van der Waals surface area contributed by atoms with Crippen LogP contribution in [0.25, 0.3) is 11.0 Å². The van der Waals surface area contributed by atoms with E-state index in [-0.39, 0.29) is 5.91 Å². The van der Waals surface area contributed by atoms with E-state index in [0.29, 0.717) is 5.75 Å². The number of carbonyl (C=O) groups excluding carboxylic acids is 1. The van der Waals surface area contributed by atoms with Crippen molar-refractivity contribution in [2.75, 3.05) is 18.8 Å². The van der Waals surface area contributed by atoms with Crippen LogP contribution in [0.4, 0.5) is 0 Å². The lowest BCUT2D eigenvalue weighted by molar-refractivity contribution is -0.129. The number of piperidine rings is 1. The highest BCUT2D eigenvalue weighted by Gasteiger charge is 2.18. The molecule has 1 amide bonds. The van der Waals surface area contributed by atoms with Crippen LogP contribution in [-0.2, 0) is 11.3 Å². The molecule has 0 spiro atoms. The topological polar surface area (TPSA) is 38.1 Å². The van der Waals surface area contributed by atoms with Crippen molar-refractivity contribution in [1.29, 1.82) is 0 Å².